The topological polar surface area (TPSA) is 80.1 Å². The lowest BCUT2D eigenvalue weighted by Crippen LogP contribution is -2.05. The van der Waals surface area contributed by atoms with Crippen LogP contribution in [0.4, 0.5) is 5.95 Å². The summed E-state index contributed by atoms with van der Waals surface area (Å²) in [6.07, 6.45) is 1.54. The lowest BCUT2D eigenvalue weighted by Gasteiger charge is -2.11. The SMILES string of the molecule is COc1ccc(CNc2nccc(C#N)n2)c(OC)c1. The monoisotopic (exact) mass is 270 g/mol. The molecule has 0 unspecified atom stereocenters. The van der Waals surface area contributed by atoms with Crippen LogP contribution >= 0.6 is 0 Å². The highest BCUT2D eigenvalue weighted by molar-refractivity contribution is 5.42. The first-order valence-electron chi connectivity index (χ1n) is 5.94. The van der Waals surface area contributed by atoms with Gasteiger partial charge in [-0.3, -0.25) is 0 Å². The minimum absolute atomic E-state index is 0.323. The number of anilines is 1. The predicted octanol–water partition coefficient (Wildman–Crippen LogP) is 1.98. The zero-order valence-electron chi connectivity index (χ0n) is 11.3. The normalized spacial score (nSPS) is 9.65. The van der Waals surface area contributed by atoms with E-state index in [0.717, 1.165) is 11.3 Å². The van der Waals surface area contributed by atoms with Gasteiger partial charge in [-0.15, -0.1) is 0 Å². The first-order valence-corrected chi connectivity index (χ1v) is 5.94. The summed E-state index contributed by atoms with van der Waals surface area (Å²) in [4.78, 5) is 8.10. The largest absolute Gasteiger partial charge is 0.497 e. The lowest BCUT2D eigenvalue weighted by molar-refractivity contribution is 0.391. The molecular formula is C14H14N4O2. The van der Waals surface area contributed by atoms with Crippen molar-refractivity contribution in [2.75, 3.05) is 19.5 Å². The molecule has 1 N–H and O–H groups in total. The Bertz CT molecular complexity index is 637. The molecule has 6 heteroatoms. The predicted molar refractivity (Wildman–Crippen MR) is 73.6 cm³/mol. The molecular weight excluding hydrogens is 256 g/mol. The van der Waals surface area contributed by atoms with Crippen LogP contribution < -0.4 is 14.8 Å². The zero-order valence-corrected chi connectivity index (χ0v) is 11.3. The Morgan fingerprint density at radius 1 is 1.25 bits per heavy atom. The van der Waals surface area contributed by atoms with Gasteiger partial charge < -0.3 is 14.8 Å². The molecule has 2 rings (SSSR count). The third-order valence-electron chi connectivity index (χ3n) is 2.70. The number of nitrogens with zero attached hydrogens (tertiary/aromatic N) is 3. The number of methoxy groups -OCH3 is 2. The standard InChI is InChI=1S/C14H14N4O2/c1-19-12-4-3-10(13(7-12)20-2)9-17-14-16-6-5-11(8-15)18-14/h3-7H,9H2,1-2H3,(H,16,17,18). The van der Waals surface area contributed by atoms with Crippen molar-refractivity contribution in [3.05, 3.63) is 41.7 Å². The van der Waals surface area contributed by atoms with Crippen LogP contribution in [0.15, 0.2) is 30.5 Å². The molecule has 1 heterocycles. The van der Waals surface area contributed by atoms with Crippen molar-refractivity contribution in [2.45, 2.75) is 6.54 Å². The van der Waals surface area contributed by atoms with Crippen LogP contribution in [0.2, 0.25) is 0 Å². The van der Waals surface area contributed by atoms with E-state index in [9.17, 15) is 0 Å². The summed E-state index contributed by atoms with van der Waals surface area (Å²) in [6.45, 7) is 0.488. The van der Waals surface area contributed by atoms with E-state index in [0.29, 0.717) is 23.9 Å². The van der Waals surface area contributed by atoms with Gasteiger partial charge in [0, 0.05) is 24.4 Å². The van der Waals surface area contributed by atoms with E-state index in [1.165, 1.54) is 0 Å². The van der Waals surface area contributed by atoms with Crippen molar-refractivity contribution in [3.63, 3.8) is 0 Å². The summed E-state index contributed by atoms with van der Waals surface area (Å²) in [6, 6.07) is 9.09. The maximum atomic E-state index is 8.79. The molecule has 2 aromatic rings. The molecule has 0 aliphatic rings. The average molecular weight is 270 g/mol. The maximum absolute atomic E-state index is 8.79. The van der Waals surface area contributed by atoms with Crippen LogP contribution in [-0.2, 0) is 6.54 Å². The molecule has 0 saturated heterocycles. The smallest absolute Gasteiger partial charge is 0.224 e. The summed E-state index contributed by atoms with van der Waals surface area (Å²) in [7, 11) is 3.21. The van der Waals surface area contributed by atoms with E-state index >= 15 is 0 Å². The minimum Gasteiger partial charge on any atom is -0.497 e. The Hall–Kier alpha value is -2.81. The van der Waals surface area contributed by atoms with Gasteiger partial charge in [-0.1, -0.05) is 0 Å². The molecule has 20 heavy (non-hydrogen) atoms. The number of nitriles is 1. The van der Waals surface area contributed by atoms with Crippen LogP contribution in [0.1, 0.15) is 11.3 Å². The van der Waals surface area contributed by atoms with Crippen molar-refractivity contribution >= 4 is 5.95 Å². The van der Waals surface area contributed by atoms with Crippen molar-refractivity contribution in [1.29, 1.82) is 5.26 Å². The summed E-state index contributed by atoms with van der Waals surface area (Å²) in [5, 5.41) is 11.8. The number of rotatable bonds is 5. The van der Waals surface area contributed by atoms with Crippen molar-refractivity contribution < 1.29 is 9.47 Å². The third kappa shape index (κ3) is 3.14. The molecule has 0 aliphatic carbocycles. The minimum atomic E-state index is 0.323. The number of aromatic nitrogens is 2. The average Bonchev–Trinajstić information content (AvgIpc) is 2.52. The highest BCUT2D eigenvalue weighted by atomic mass is 16.5. The summed E-state index contributed by atoms with van der Waals surface area (Å²) in [5.74, 6) is 1.85. The van der Waals surface area contributed by atoms with Crippen molar-refractivity contribution in [2.24, 2.45) is 0 Å². The van der Waals surface area contributed by atoms with E-state index in [1.54, 1.807) is 26.5 Å². The Morgan fingerprint density at radius 3 is 2.80 bits per heavy atom. The third-order valence-corrected chi connectivity index (χ3v) is 2.70. The fraction of sp³-hybridized carbons (Fsp3) is 0.214. The van der Waals surface area contributed by atoms with Gasteiger partial charge in [-0.05, 0) is 18.2 Å². The highest BCUT2D eigenvalue weighted by Gasteiger charge is 2.06. The van der Waals surface area contributed by atoms with Crippen LogP contribution in [0.25, 0.3) is 0 Å². The van der Waals surface area contributed by atoms with Crippen LogP contribution in [0.5, 0.6) is 11.5 Å². The second-order valence-corrected chi connectivity index (χ2v) is 3.91. The first kappa shape index (κ1) is 13.6. The van der Waals surface area contributed by atoms with Crippen molar-refractivity contribution in [1.82, 2.24) is 9.97 Å². The van der Waals surface area contributed by atoms with Gasteiger partial charge >= 0.3 is 0 Å². The van der Waals surface area contributed by atoms with E-state index in [2.05, 4.69) is 15.3 Å². The van der Waals surface area contributed by atoms with Gasteiger partial charge in [-0.2, -0.15) is 5.26 Å². The van der Waals surface area contributed by atoms with E-state index in [4.69, 9.17) is 14.7 Å². The Morgan fingerprint density at radius 2 is 2.10 bits per heavy atom. The molecule has 1 aromatic heterocycles. The van der Waals surface area contributed by atoms with Gasteiger partial charge in [0.2, 0.25) is 5.95 Å². The van der Waals surface area contributed by atoms with E-state index < -0.39 is 0 Å². The number of benzene rings is 1. The number of nitrogens with one attached hydrogen (secondary N) is 1. The molecule has 0 amide bonds. The molecule has 0 saturated carbocycles. The number of hydrogen-bond acceptors (Lipinski definition) is 6. The Kier molecular flexibility index (Phi) is 4.35. The second kappa shape index (κ2) is 6.38. The van der Waals surface area contributed by atoms with Crippen LogP contribution in [0.3, 0.4) is 0 Å². The molecule has 0 aliphatic heterocycles. The summed E-state index contributed by atoms with van der Waals surface area (Å²) >= 11 is 0. The van der Waals surface area contributed by atoms with Gasteiger partial charge in [0.1, 0.15) is 23.3 Å². The molecule has 0 bridgehead atoms. The maximum Gasteiger partial charge on any atom is 0.224 e. The fourth-order valence-electron chi connectivity index (χ4n) is 1.68. The van der Waals surface area contributed by atoms with Gasteiger partial charge in [-0.25, -0.2) is 9.97 Å². The molecule has 6 nitrogen and oxygen atoms in total. The molecule has 0 radical (unpaired) electrons. The molecule has 102 valence electrons. The van der Waals surface area contributed by atoms with Gasteiger partial charge in [0.15, 0.2) is 0 Å². The van der Waals surface area contributed by atoms with E-state index in [1.807, 2.05) is 24.3 Å². The van der Waals surface area contributed by atoms with Crippen LogP contribution in [-0.4, -0.2) is 24.2 Å². The molecule has 0 fully saturated rings. The fourth-order valence-corrected chi connectivity index (χ4v) is 1.68. The molecule has 0 spiro atoms. The van der Waals surface area contributed by atoms with Crippen LogP contribution in [0, 0.1) is 11.3 Å². The lowest BCUT2D eigenvalue weighted by atomic mass is 10.2. The molecule has 0 atom stereocenters. The second-order valence-electron chi connectivity index (χ2n) is 3.91. The van der Waals surface area contributed by atoms with Gasteiger partial charge in [0.25, 0.3) is 0 Å². The quantitative estimate of drug-likeness (QED) is 0.894. The zero-order chi connectivity index (χ0) is 14.4. The van der Waals surface area contributed by atoms with Gasteiger partial charge in [0.05, 0.1) is 14.2 Å². The number of ether oxygens (including phenoxy) is 2. The summed E-state index contributed by atoms with van der Waals surface area (Å²) < 4.78 is 10.5. The van der Waals surface area contributed by atoms with E-state index in [-0.39, 0.29) is 0 Å². The summed E-state index contributed by atoms with van der Waals surface area (Å²) in [5.41, 5.74) is 1.27. The Balaban J connectivity index is 2.12. The number of hydrogen-bond donors (Lipinski definition) is 1. The Labute approximate surface area is 117 Å². The first-order chi connectivity index (χ1) is 9.76. The van der Waals surface area contributed by atoms with Crippen molar-refractivity contribution in [3.8, 4) is 17.6 Å². The highest BCUT2D eigenvalue weighted by Crippen LogP contribution is 2.24. The molecule has 1 aromatic carbocycles.